The molecule has 1 amide bonds. The van der Waals surface area contributed by atoms with Gasteiger partial charge in [-0.05, 0) is 49.2 Å². The fourth-order valence-corrected chi connectivity index (χ4v) is 4.14. The molecule has 0 aromatic heterocycles. The fraction of sp³-hybridized carbons (Fsp3) is 0.273. The minimum atomic E-state index is -0.172. The van der Waals surface area contributed by atoms with Gasteiger partial charge in [0.05, 0.1) is 30.9 Å². The summed E-state index contributed by atoms with van der Waals surface area (Å²) >= 11 is 6.73. The van der Waals surface area contributed by atoms with E-state index in [0.717, 1.165) is 12.0 Å². The number of nitrogens with zero attached hydrogens (tertiary/aromatic N) is 1. The summed E-state index contributed by atoms with van der Waals surface area (Å²) in [4.78, 5) is 15.1. The average molecular weight is 430 g/mol. The van der Waals surface area contributed by atoms with Crippen molar-refractivity contribution in [2.75, 3.05) is 25.2 Å². The minimum Gasteiger partial charge on any atom is -0.495 e. The maximum Gasteiger partial charge on any atom is 0.270 e. The average Bonchev–Trinajstić information content (AvgIpc) is 3.00. The summed E-state index contributed by atoms with van der Waals surface area (Å²) in [7, 11) is 1.57. The molecule has 1 fully saturated rings. The lowest BCUT2D eigenvalue weighted by Gasteiger charge is -2.17. The SMILES string of the molecule is CCCOc1ccc(/C=C2\SC(=S)N(c3ccccc3OC)C2=O)cc1OCC. The number of anilines is 1. The summed E-state index contributed by atoms with van der Waals surface area (Å²) in [5, 5.41) is 0. The molecule has 3 rings (SSSR count). The van der Waals surface area contributed by atoms with Gasteiger partial charge in [-0.15, -0.1) is 0 Å². The molecule has 7 heteroatoms. The number of hydrogen-bond donors (Lipinski definition) is 0. The fourth-order valence-electron chi connectivity index (χ4n) is 2.86. The topological polar surface area (TPSA) is 48.0 Å². The van der Waals surface area contributed by atoms with Crippen molar-refractivity contribution in [3.8, 4) is 17.2 Å². The van der Waals surface area contributed by atoms with Gasteiger partial charge >= 0.3 is 0 Å². The van der Waals surface area contributed by atoms with Crippen molar-refractivity contribution in [1.82, 2.24) is 0 Å². The molecule has 1 aliphatic heterocycles. The van der Waals surface area contributed by atoms with E-state index in [1.165, 1.54) is 16.7 Å². The Bertz CT molecular complexity index is 942. The highest BCUT2D eigenvalue weighted by molar-refractivity contribution is 8.27. The number of carbonyl (C=O) groups excluding carboxylic acids is 1. The van der Waals surface area contributed by atoms with Gasteiger partial charge in [-0.3, -0.25) is 9.69 Å². The van der Waals surface area contributed by atoms with Crippen LogP contribution in [0.3, 0.4) is 0 Å². The van der Waals surface area contributed by atoms with Gasteiger partial charge in [-0.2, -0.15) is 0 Å². The van der Waals surface area contributed by atoms with Gasteiger partial charge in [-0.25, -0.2) is 0 Å². The van der Waals surface area contributed by atoms with Gasteiger partial charge in [0.25, 0.3) is 5.91 Å². The smallest absolute Gasteiger partial charge is 0.270 e. The van der Waals surface area contributed by atoms with Gasteiger partial charge in [0.2, 0.25) is 0 Å². The minimum absolute atomic E-state index is 0.172. The first kappa shape index (κ1) is 21.2. The van der Waals surface area contributed by atoms with Crippen molar-refractivity contribution in [2.24, 2.45) is 0 Å². The van der Waals surface area contributed by atoms with E-state index in [4.69, 9.17) is 26.4 Å². The molecule has 5 nitrogen and oxygen atoms in total. The first-order valence-electron chi connectivity index (χ1n) is 9.39. The van der Waals surface area contributed by atoms with Crippen LogP contribution in [0.4, 0.5) is 5.69 Å². The van der Waals surface area contributed by atoms with Crippen LogP contribution in [-0.4, -0.2) is 30.6 Å². The molecule has 0 unspecified atom stereocenters. The first-order chi connectivity index (χ1) is 14.1. The van der Waals surface area contributed by atoms with Crippen LogP contribution in [0.25, 0.3) is 6.08 Å². The summed E-state index contributed by atoms with van der Waals surface area (Å²) in [6.45, 7) is 5.13. The summed E-state index contributed by atoms with van der Waals surface area (Å²) in [5.41, 5.74) is 1.48. The third-order valence-electron chi connectivity index (χ3n) is 4.15. The van der Waals surface area contributed by atoms with E-state index in [2.05, 4.69) is 6.92 Å². The standard InChI is InChI=1S/C22H23NO4S2/c1-4-12-27-18-11-10-15(13-19(18)26-5-2)14-20-21(24)23(22(28)29-20)16-8-6-7-9-17(16)25-3/h6-11,13-14H,4-5,12H2,1-3H3/b20-14-. The monoisotopic (exact) mass is 429 g/mol. The molecule has 1 heterocycles. The summed E-state index contributed by atoms with van der Waals surface area (Å²) < 4.78 is 17.3. The predicted molar refractivity (Wildman–Crippen MR) is 122 cm³/mol. The Morgan fingerprint density at radius 3 is 2.59 bits per heavy atom. The second kappa shape index (κ2) is 9.80. The molecular formula is C22H23NO4S2. The van der Waals surface area contributed by atoms with E-state index in [1.807, 2.05) is 49.4 Å². The van der Waals surface area contributed by atoms with E-state index in [9.17, 15) is 4.79 Å². The maximum absolute atomic E-state index is 13.0. The Labute approximate surface area is 180 Å². The van der Waals surface area contributed by atoms with E-state index in [-0.39, 0.29) is 5.91 Å². The highest BCUT2D eigenvalue weighted by atomic mass is 32.2. The molecule has 0 radical (unpaired) electrons. The van der Waals surface area contributed by atoms with Crippen molar-refractivity contribution in [1.29, 1.82) is 0 Å². The van der Waals surface area contributed by atoms with Gasteiger partial charge < -0.3 is 14.2 Å². The van der Waals surface area contributed by atoms with Crippen LogP contribution in [-0.2, 0) is 4.79 Å². The van der Waals surface area contributed by atoms with Gasteiger partial charge in [0.1, 0.15) is 5.75 Å². The first-order valence-corrected chi connectivity index (χ1v) is 10.6. The second-order valence-corrected chi connectivity index (χ2v) is 7.85. The Morgan fingerprint density at radius 1 is 1.07 bits per heavy atom. The number of rotatable bonds is 8. The molecule has 1 aliphatic rings. The van der Waals surface area contributed by atoms with Crippen LogP contribution >= 0.6 is 24.0 Å². The van der Waals surface area contributed by atoms with Crippen LogP contribution in [0.15, 0.2) is 47.4 Å². The van der Waals surface area contributed by atoms with Crippen LogP contribution in [0.5, 0.6) is 17.2 Å². The molecule has 152 valence electrons. The number of thioether (sulfide) groups is 1. The molecule has 29 heavy (non-hydrogen) atoms. The van der Waals surface area contributed by atoms with E-state index in [0.29, 0.717) is 45.4 Å². The van der Waals surface area contributed by atoms with E-state index in [1.54, 1.807) is 13.2 Å². The van der Waals surface area contributed by atoms with Gasteiger partial charge in [0, 0.05) is 0 Å². The molecule has 2 aromatic rings. The van der Waals surface area contributed by atoms with Crippen molar-refractivity contribution >= 4 is 46.0 Å². The van der Waals surface area contributed by atoms with Gasteiger partial charge in [0.15, 0.2) is 15.8 Å². The summed E-state index contributed by atoms with van der Waals surface area (Å²) in [6, 6.07) is 13.0. The Kier molecular flexibility index (Phi) is 7.17. The summed E-state index contributed by atoms with van der Waals surface area (Å²) in [5.74, 6) is 1.79. The highest BCUT2D eigenvalue weighted by Gasteiger charge is 2.34. The van der Waals surface area contributed by atoms with Crippen molar-refractivity contribution in [3.05, 3.63) is 52.9 Å². The molecule has 0 saturated carbocycles. The molecule has 0 N–H and O–H groups in total. The molecule has 0 atom stereocenters. The molecule has 0 aliphatic carbocycles. The molecule has 2 aromatic carbocycles. The maximum atomic E-state index is 13.0. The second-order valence-electron chi connectivity index (χ2n) is 6.18. The zero-order chi connectivity index (χ0) is 20.8. The lowest BCUT2D eigenvalue weighted by Crippen LogP contribution is -2.27. The third kappa shape index (κ3) is 4.74. The van der Waals surface area contributed by atoms with Gasteiger partial charge in [-0.1, -0.05) is 49.1 Å². The molecule has 1 saturated heterocycles. The number of methoxy groups -OCH3 is 1. The normalized spacial score (nSPS) is 15.1. The zero-order valence-corrected chi connectivity index (χ0v) is 18.3. The number of carbonyl (C=O) groups is 1. The Hall–Kier alpha value is -2.51. The molecule has 0 bridgehead atoms. The molecular weight excluding hydrogens is 406 g/mol. The van der Waals surface area contributed by atoms with Crippen molar-refractivity contribution in [3.63, 3.8) is 0 Å². The number of hydrogen-bond acceptors (Lipinski definition) is 6. The van der Waals surface area contributed by atoms with Crippen LogP contribution in [0.1, 0.15) is 25.8 Å². The largest absolute Gasteiger partial charge is 0.495 e. The number of para-hydroxylation sites is 2. The van der Waals surface area contributed by atoms with E-state index < -0.39 is 0 Å². The third-order valence-corrected chi connectivity index (χ3v) is 5.45. The number of thiocarbonyl (C=S) groups is 1. The number of amides is 1. The lowest BCUT2D eigenvalue weighted by molar-refractivity contribution is -0.113. The predicted octanol–water partition coefficient (Wildman–Crippen LogP) is 5.29. The van der Waals surface area contributed by atoms with E-state index >= 15 is 0 Å². The Morgan fingerprint density at radius 2 is 1.86 bits per heavy atom. The van der Waals surface area contributed by atoms with Crippen molar-refractivity contribution < 1.29 is 19.0 Å². The van der Waals surface area contributed by atoms with Crippen molar-refractivity contribution in [2.45, 2.75) is 20.3 Å². The quantitative estimate of drug-likeness (QED) is 0.420. The molecule has 0 spiro atoms. The van der Waals surface area contributed by atoms with Crippen LogP contribution in [0.2, 0.25) is 0 Å². The number of benzene rings is 2. The zero-order valence-electron chi connectivity index (χ0n) is 16.6. The lowest BCUT2D eigenvalue weighted by atomic mass is 10.1. The highest BCUT2D eigenvalue weighted by Crippen LogP contribution is 2.40. The Balaban J connectivity index is 1.90. The van der Waals surface area contributed by atoms with Crippen LogP contribution < -0.4 is 19.1 Å². The summed E-state index contributed by atoms with van der Waals surface area (Å²) in [6.07, 6.45) is 2.74. The number of ether oxygens (including phenoxy) is 3. The van der Waals surface area contributed by atoms with Crippen LogP contribution in [0, 0.1) is 0 Å².